The summed E-state index contributed by atoms with van der Waals surface area (Å²) < 4.78 is 12.5. The normalized spacial score (nSPS) is 13.8. The molecule has 0 spiro atoms. The number of ketones is 1. The van der Waals surface area contributed by atoms with Crippen LogP contribution in [0.2, 0.25) is 0 Å². The maximum atomic E-state index is 13.2. The first-order valence-corrected chi connectivity index (χ1v) is 13.5. The molecular formula is C33H32N4O3. The number of benzene rings is 3. The lowest BCUT2D eigenvalue weighted by atomic mass is 9.84. The molecule has 0 aliphatic carbocycles. The molecule has 0 saturated heterocycles. The van der Waals surface area contributed by atoms with E-state index >= 15 is 0 Å². The lowest BCUT2D eigenvalue weighted by Crippen LogP contribution is -2.27. The van der Waals surface area contributed by atoms with Crippen LogP contribution in [0.4, 0.5) is 5.82 Å². The number of rotatable bonds is 5. The van der Waals surface area contributed by atoms with E-state index in [2.05, 4.69) is 40.3 Å². The number of fused-ring (bicyclic) bond motifs is 1. The quantitative estimate of drug-likeness (QED) is 0.266. The Balaban J connectivity index is 1.70. The minimum absolute atomic E-state index is 0.0523. The molecule has 6 rings (SSSR count). The number of anilines is 1. The molecule has 2 N–H and O–H groups in total. The molecule has 5 aromatic rings. The van der Waals surface area contributed by atoms with Gasteiger partial charge in [0, 0.05) is 35.3 Å². The molecule has 2 aromatic heterocycles. The van der Waals surface area contributed by atoms with Gasteiger partial charge in [0.1, 0.15) is 24.0 Å². The van der Waals surface area contributed by atoms with Crippen molar-refractivity contribution in [3.8, 4) is 28.0 Å². The lowest BCUT2D eigenvalue weighted by Gasteiger charge is -2.30. The van der Waals surface area contributed by atoms with Crippen molar-refractivity contribution in [3.05, 3.63) is 77.9 Å². The zero-order valence-corrected chi connectivity index (χ0v) is 23.4. The first-order valence-electron chi connectivity index (χ1n) is 13.5. The second-order valence-electron chi connectivity index (χ2n) is 11.4. The molecule has 1 unspecified atom stereocenters. The minimum Gasteiger partial charge on any atom is -0.493 e. The molecule has 0 fully saturated rings. The molecule has 3 heterocycles. The SMILES string of the molecule is CC(=O)C(OC(C)(C)C)c1c(C)cc2cc(-c3cncnc3N)ccc2c1-c1ccc2c3c(ccnc13)CCO2. The van der Waals surface area contributed by atoms with E-state index < -0.39 is 11.7 Å². The largest absolute Gasteiger partial charge is 0.493 e. The molecule has 1 aliphatic rings. The summed E-state index contributed by atoms with van der Waals surface area (Å²) in [5.41, 5.74) is 13.1. The van der Waals surface area contributed by atoms with Crippen LogP contribution in [-0.4, -0.2) is 32.9 Å². The fourth-order valence-corrected chi connectivity index (χ4v) is 5.72. The summed E-state index contributed by atoms with van der Waals surface area (Å²) in [6.45, 7) is 10.2. The average molecular weight is 533 g/mol. The predicted molar refractivity (Wildman–Crippen MR) is 158 cm³/mol. The maximum Gasteiger partial charge on any atom is 0.163 e. The first-order chi connectivity index (χ1) is 19.1. The summed E-state index contributed by atoms with van der Waals surface area (Å²) in [5.74, 6) is 1.21. The van der Waals surface area contributed by atoms with Crippen molar-refractivity contribution in [1.82, 2.24) is 15.0 Å². The molecule has 0 radical (unpaired) electrons. The maximum absolute atomic E-state index is 13.2. The van der Waals surface area contributed by atoms with E-state index in [0.717, 1.165) is 67.2 Å². The zero-order chi connectivity index (χ0) is 28.2. The number of aryl methyl sites for hydroxylation is 1. The van der Waals surface area contributed by atoms with Gasteiger partial charge in [0.25, 0.3) is 0 Å². The van der Waals surface area contributed by atoms with Gasteiger partial charge in [-0.3, -0.25) is 9.78 Å². The van der Waals surface area contributed by atoms with Crippen LogP contribution >= 0.6 is 0 Å². The number of aromatic nitrogens is 3. The molecule has 40 heavy (non-hydrogen) atoms. The molecule has 7 heteroatoms. The third kappa shape index (κ3) is 4.46. The number of Topliss-reactive ketones (excluding diaryl/α,β-unsaturated/α-hetero) is 1. The van der Waals surface area contributed by atoms with Crippen molar-refractivity contribution in [3.63, 3.8) is 0 Å². The van der Waals surface area contributed by atoms with Crippen molar-refractivity contribution < 1.29 is 14.3 Å². The summed E-state index contributed by atoms with van der Waals surface area (Å²) in [6.07, 6.45) is 5.10. The Morgan fingerprint density at radius 1 is 1.07 bits per heavy atom. The number of hydrogen-bond acceptors (Lipinski definition) is 7. The van der Waals surface area contributed by atoms with Crippen LogP contribution in [0, 0.1) is 6.92 Å². The van der Waals surface area contributed by atoms with E-state index in [1.54, 1.807) is 13.1 Å². The van der Waals surface area contributed by atoms with Crippen LogP contribution in [0.3, 0.4) is 0 Å². The van der Waals surface area contributed by atoms with Gasteiger partial charge in [0.05, 0.1) is 17.7 Å². The standard InChI is InChI=1S/C33H32N4O3/c1-18-14-22-15-21(25-16-35-17-37-32(25)34)6-7-23(22)29(27(18)31(19(2)38)40-33(3,4)5)24-8-9-26-28-20(11-13-39-26)10-12-36-30(24)28/h6-10,12,14-17,31H,11,13H2,1-5H3,(H2,34,35,37). The third-order valence-electron chi connectivity index (χ3n) is 7.38. The molecule has 202 valence electrons. The van der Waals surface area contributed by atoms with Crippen LogP contribution in [-0.2, 0) is 16.0 Å². The third-order valence-corrected chi connectivity index (χ3v) is 7.38. The monoisotopic (exact) mass is 532 g/mol. The molecule has 0 saturated carbocycles. The van der Waals surface area contributed by atoms with Gasteiger partial charge in [-0.05, 0) is 97.5 Å². The highest BCUT2D eigenvalue weighted by molar-refractivity contribution is 6.09. The Kier molecular flexibility index (Phi) is 6.27. The molecular weight excluding hydrogens is 500 g/mol. The summed E-state index contributed by atoms with van der Waals surface area (Å²) in [6, 6.07) is 14.4. The smallest absolute Gasteiger partial charge is 0.163 e. The molecule has 0 amide bonds. The average Bonchev–Trinajstić information content (AvgIpc) is 2.91. The highest BCUT2D eigenvalue weighted by atomic mass is 16.5. The minimum atomic E-state index is -0.751. The van der Waals surface area contributed by atoms with Gasteiger partial charge in [0.15, 0.2) is 5.78 Å². The second kappa shape index (κ2) is 9.68. The van der Waals surface area contributed by atoms with Gasteiger partial charge in [0.2, 0.25) is 0 Å². The number of ether oxygens (including phenoxy) is 2. The topological polar surface area (TPSA) is 100 Å². The van der Waals surface area contributed by atoms with E-state index in [4.69, 9.17) is 20.2 Å². The van der Waals surface area contributed by atoms with Crippen LogP contribution in [0.25, 0.3) is 43.9 Å². The Labute approximate surface area is 233 Å². The van der Waals surface area contributed by atoms with Crippen LogP contribution in [0.15, 0.2) is 61.2 Å². The fraction of sp³-hybridized carbons (Fsp3) is 0.273. The highest BCUT2D eigenvalue weighted by Gasteiger charge is 2.31. The molecule has 1 aliphatic heterocycles. The summed E-state index contributed by atoms with van der Waals surface area (Å²) in [5, 5.41) is 3.02. The van der Waals surface area contributed by atoms with Crippen LogP contribution in [0.1, 0.15) is 50.5 Å². The Morgan fingerprint density at radius 2 is 1.90 bits per heavy atom. The van der Waals surface area contributed by atoms with Crippen molar-refractivity contribution >= 4 is 33.3 Å². The van der Waals surface area contributed by atoms with Crippen LogP contribution < -0.4 is 10.5 Å². The van der Waals surface area contributed by atoms with Gasteiger partial charge >= 0.3 is 0 Å². The summed E-state index contributed by atoms with van der Waals surface area (Å²) in [4.78, 5) is 26.4. The molecule has 7 nitrogen and oxygen atoms in total. The van der Waals surface area contributed by atoms with Crippen molar-refractivity contribution in [2.75, 3.05) is 12.3 Å². The van der Waals surface area contributed by atoms with E-state index in [1.165, 1.54) is 11.9 Å². The number of pyridine rings is 1. The molecule has 3 aromatic carbocycles. The molecule has 1 atom stereocenters. The summed E-state index contributed by atoms with van der Waals surface area (Å²) in [7, 11) is 0. The Bertz CT molecular complexity index is 1800. The van der Waals surface area contributed by atoms with Crippen molar-refractivity contribution in [2.24, 2.45) is 0 Å². The predicted octanol–water partition coefficient (Wildman–Crippen LogP) is 6.78. The molecule has 0 bridgehead atoms. The Hall–Kier alpha value is -4.36. The van der Waals surface area contributed by atoms with Gasteiger partial charge in [-0.15, -0.1) is 0 Å². The lowest BCUT2D eigenvalue weighted by molar-refractivity contribution is -0.138. The zero-order valence-electron chi connectivity index (χ0n) is 23.4. The van der Waals surface area contributed by atoms with Crippen molar-refractivity contribution in [1.29, 1.82) is 0 Å². The number of hydrogen-bond donors (Lipinski definition) is 1. The Morgan fingerprint density at radius 3 is 2.65 bits per heavy atom. The van der Waals surface area contributed by atoms with Crippen LogP contribution in [0.5, 0.6) is 5.75 Å². The first kappa shape index (κ1) is 25.9. The summed E-state index contributed by atoms with van der Waals surface area (Å²) >= 11 is 0. The van der Waals surface area contributed by atoms with Gasteiger partial charge in [-0.1, -0.05) is 18.2 Å². The number of carbonyl (C=O) groups is 1. The number of nitrogen functional groups attached to an aromatic ring is 1. The highest BCUT2D eigenvalue weighted by Crippen LogP contribution is 2.45. The van der Waals surface area contributed by atoms with Gasteiger partial charge in [-0.2, -0.15) is 0 Å². The number of nitrogens with zero attached hydrogens (tertiary/aromatic N) is 3. The second-order valence-corrected chi connectivity index (χ2v) is 11.4. The fourth-order valence-electron chi connectivity index (χ4n) is 5.72. The van der Waals surface area contributed by atoms with Gasteiger partial charge in [-0.25, -0.2) is 9.97 Å². The number of carbonyl (C=O) groups excluding carboxylic acids is 1. The van der Waals surface area contributed by atoms with E-state index in [-0.39, 0.29) is 5.78 Å². The number of nitrogens with two attached hydrogens (primary N) is 1. The van der Waals surface area contributed by atoms with E-state index in [9.17, 15) is 4.79 Å². The van der Waals surface area contributed by atoms with Crippen molar-refractivity contribution in [2.45, 2.75) is 52.7 Å². The van der Waals surface area contributed by atoms with E-state index in [0.29, 0.717) is 12.4 Å². The van der Waals surface area contributed by atoms with Gasteiger partial charge < -0.3 is 15.2 Å². The van der Waals surface area contributed by atoms with E-state index in [1.807, 2.05) is 46.0 Å².